The van der Waals surface area contributed by atoms with Crippen LogP contribution in [0.1, 0.15) is 59.8 Å². The molecule has 0 saturated heterocycles. The number of fused-ring (bicyclic) bond motifs is 3. The van der Waals surface area contributed by atoms with Crippen molar-refractivity contribution in [2.24, 2.45) is 40.4 Å². The zero-order chi connectivity index (χ0) is 15.6. The lowest BCUT2D eigenvalue weighted by atomic mass is 9.49. The van der Waals surface area contributed by atoms with Crippen LogP contribution in [0.4, 0.5) is 0 Å². The number of rotatable bonds is 1. The average Bonchev–Trinajstić information content (AvgIpc) is 2.58. The lowest BCUT2D eigenvalue weighted by Crippen LogP contribution is -2.55. The van der Waals surface area contributed by atoms with E-state index in [2.05, 4.69) is 27.7 Å². The third-order valence-corrected chi connectivity index (χ3v) is 7.32. The molecule has 0 amide bonds. The highest BCUT2D eigenvalue weighted by Gasteiger charge is 2.63. The molecule has 120 valence electrons. The predicted octanol–water partition coefficient (Wildman–Crippen LogP) is 3.56. The summed E-state index contributed by atoms with van der Waals surface area (Å²) in [5, 5.41) is 20.5. The highest BCUT2D eigenvalue weighted by molar-refractivity contribution is 5.72. The van der Waals surface area contributed by atoms with Crippen LogP contribution in [0.5, 0.6) is 0 Å². The van der Waals surface area contributed by atoms with E-state index in [1.165, 1.54) is 19.3 Å². The molecule has 3 heteroatoms. The molecule has 0 aromatic rings. The summed E-state index contributed by atoms with van der Waals surface area (Å²) >= 11 is 0. The summed E-state index contributed by atoms with van der Waals surface area (Å²) in [6.07, 6.45) is 4.94. The number of aliphatic carboxylic acids is 1. The number of carboxylic acid groups (broad SMARTS) is 1. The first-order chi connectivity index (χ1) is 9.68. The van der Waals surface area contributed by atoms with Crippen LogP contribution >= 0.6 is 0 Å². The second-order valence-electron chi connectivity index (χ2n) is 8.98. The Balaban J connectivity index is 1.99. The molecule has 6 unspecified atom stereocenters. The van der Waals surface area contributed by atoms with E-state index in [4.69, 9.17) is 0 Å². The molecule has 3 fully saturated rings. The molecule has 21 heavy (non-hydrogen) atoms. The first-order valence-corrected chi connectivity index (χ1v) is 8.59. The molecule has 0 aromatic carbocycles. The van der Waals surface area contributed by atoms with E-state index < -0.39 is 5.97 Å². The number of hydrogen-bond donors (Lipinski definition) is 2. The van der Waals surface area contributed by atoms with Crippen molar-refractivity contribution in [3.63, 3.8) is 0 Å². The molecule has 0 aromatic heterocycles. The van der Waals surface area contributed by atoms with Crippen molar-refractivity contribution >= 4 is 5.97 Å². The van der Waals surface area contributed by atoms with Crippen LogP contribution < -0.4 is 0 Å². The van der Waals surface area contributed by atoms with Crippen molar-refractivity contribution in [2.75, 3.05) is 0 Å². The molecule has 3 rings (SSSR count). The van der Waals surface area contributed by atoms with Crippen LogP contribution in [0.3, 0.4) is 0 Å². The topological polar surface area (TPSA) is 57.5 Å². The van der Waals surface area contributed by atoms with Gasteiger partial charge in [0.25, 0.3) is 0 Å². The van der Waals surface area contributed by atoms with Crippen molar-refractivity contribution in [1.82, 2.24) is 0 Å². The molecule has 7 atom stereocenters. The molecule has 0 heterocycles. The summed E-state index contributed by atoms with van der Waals surface area (Å²) in [4.78, 5) is 11.8. The van der Waals surface area contributed by atoms with Crippen LogP contribution in [0.2, 0.25) is 0 Å². The van der Waals surface area contributed by atoms with Gasteiger partial charge in [0.15, 0.2) is 0 Å². The molecular formula is C18H30O3. The van der Waals surface area contributed by atoms with Gasteiger partial charge in [-0.1, -0.05) is 34.1 Å². The maximum Gasteiger partial charge on any atom is 0.307 e. The molecule has 0 spiro atoms. The quantitative estimate of drug-likeness (QED) is 0.777. The number of carbonyl (C=O) groups is 1. The van der Waals surface area contributed by atoms with Gasteiger partial charge in [0, 0.05) is 0 Å². The van der Waals surface area contributed by atoms with Gasteiger partial charge in [-0.05, 0) is 60.2 Å². The second-order valence-corrected chi connectivity index (χ2v) is 8.98. The van der Waals surface area contributed by atoms with Crippen LogP contribution in [-0.2, 0) is 4.79 Å². The SMILES string of the molecule is C[C@@H]1CC2C3CCCC(C)(C)C3C(O)CC2(C)C1C(=O)O. The van der Waals surface area contributed by atoms with E-state index in [-0.39, 0.29) is 28.8 Å². The fourth-order valence-electron chi connectivity index (χ4n) is 6.71. The Hall–Kier alpha value is -0.570. The zero-order valence-electron chi connectivity index (χ0n) is 13.8. The van der Waals surface area contributed by atoms with E-state index in [9.17, 15) is 15.0 Å². The molecule has 3 nitrogen and oxygen atoms in total. The smallest absolute Gasteiger partial charge is 0.307 e. The summed E-state index contributed by atoms with van der Waals surface area (Å²) in [6, 6.07) is 0. The number of aliphatic hydroxyl groups excluding tert-OH is 1. The second kappa shape index (κ2) is 4.71. The predicted molar refractivity (Wildman–Crippen MR) is 81.7 cm³/mol. The van der Waals surface area contributed by atoms with Gasteiger partial charge in [-0.15, -0.1) is 0 Å². The largest absolute Gasteiger partial charge is 0.481 e. The van der Waals surface area contributed by atoms with E-state index in [0.29, 0.717) is 24.2 Å². The van der Waals surface area contributed by atoms with Gasteiger partial charge in [0.05, 0.1) is 12.0 Å². The molecule has 0 aliphatic heterocycles. The summed E-state index contributed by atoms with van der Waals surface area (Å²) in [5.41, 5.74) is -0.0343. The van der Waals surface area contributed by atoms with E-state index in [0.717, 1.165) is 6.42 Å². The van der Waals surface area contributed by atoms with E-state index in [1.807, 2.05) is 0 Å². The Morgan fingerprint density at radius 1 is 1.24 bits per heavy atom. The molecular weight excluding hydrogens is 264 g/mol. The Morgan fingerprint density at radius 2 is 1.90 bits per heavy atom. The molecule has 2 N–H and O–H groups in total. The van der Waals surface area contributed by atoms with Gasteiger partial charge >= 0.3 is 5.97 Å². The van der Waals surface area contributed by atoms with Gasteiger partial charge in [-0.25, -0.2) is 0 Å². The lowest BCUT2D eigenvalue weighted by molar-refractivity contribution is -0.160. The maximum absolute atomic E-state index is 11.8. The molecule has 0 radical (unpaired) electrons. The van der Waals surface area contributed by atoms with Gasteiger partial charge in [-0.3, -0.25) is 4.79 Å². The third kappa shape index (κ3) is 2.07. The highest BCUT2D eigenvalue weighted by Crippen LogP contribution is 2.65. The Kier molecular flexibility index (Phi) is 3.44. The fraction of sp³-hybridized carbons (Fsp3) is 0.944. The number of aliphatic hydroxyl groups is 1. The number of carboxylic acids is 1. The number of hydrogen-bond acceptors (Lipinski definition) is 2. The molecule has 3 saturated carbocycles. The standard InChI is InChI=1S/C18H30O3/c1-10-8-12-11-6-5-7-17(2,3)15(11)13(19)9-18(12,4)14(10)16(20)21/h10-15,19H,5-9H2,1-4H3,(H,20,21)/t10-,11?,12?,13?,14?,15?,18?/m1/s1. The van der Waals surface area contributed by atoms with Crippen molar-refractivity contribution in [1.29, 1.82) is 0 Å². The maximum atomic E-state index is 11.8. The summed E-state index contributed by atoms with van der Waals surface area (Å²) < 4.78 is 0. The lowest BCUT2D eigenvalue weighted by Gasteiger charge is -2.57. The van der Waals surface area contributed by atoms with Crippen molar-refractivity contribution in [3.8, 4) is 0 Å². The van der Waals surface area contributed by atoms with Crippen molar-refractivity contribution in [3.05, 3.63) is 0 Å². The van der Waals surface area contributed by atoms with Gasteiger partial charge < -0.3 is 10.2 Å². The van der Waals surface area contributed by atoms with Crippen molar-refractivity contribution in [2.45, 2.75) is 65.9 Å². The summed E-state index contributed by atoms with van der Waals surface area (Å²) in [5.74, 6) is 0.616. The van der Waals surface area contributed by atoms with Gasteiger partial charge in [0.2, 0.25) is 0 Å². The Labute approximate surface area is 128 Å². The average molecular weight is 294 g/mol. The summed E-state index contributed by atoms with van der Waals surface area (Å²) in [7, 11) is 0. The minimum atomic E-state index is -0.659. The molecule has 3 aliphatic rings. The first-order valence-electron chi connectivity index (χ1n) is 8.59. The zero-order valence-corrected chi connectivity index (χ0v) is 13.8. The Morgan fingerprint density at radius 3 is 2.52 bits per heavy atom. The highest BCUT2D eigenvalue weighted by atomic mass is 16.4. The first kappa shape index (κ1) is 15.3. The van der Waals surface area contributed by atoms with Crippen LogP contribution in [-0.4, -0.2) is 22.3 Å². The van der Waals surface area contributed by atoms with Crippen LogP contribution in [0, 0.1) is 40.4 Å². The van der Waals surface area contributed by atoms with Crippen molar-refractivity contribution < 1.29 is 15.0 Å². The Bertz CT molecular complexity index is 444. The summed E-state index contributed by atoms with van der Waals surface area (Å²) in [6.45, 7) is 8.82. The monoisotopic (exact) mass is 294 g/mol. The molecule has 3 aliphatic carbocycles. The minimum Gasteiger partial charge on any atom is -0.481 e. The van der Waals surface area contributed by atoms with Gasteiger partial charge in [0.1, 0.15) is 0 Å². The van der Waals surface area contributed by atoms with Gasteiger partial charge in [-0.2, -0.15) is 0 Å². The normalized spacial score (nSPS) is 52.0. The fourth-order valence-corrected chi connectivity index (χ4v) is 6.71. The third-order valence-electron chi connectivity index (χ3n) is 7.32. The molecule has 0 bridgehead atoms. The minimum absolute atomic E-state index is 0.189. The van der Waals surface area contributed by atoms with Crippen LogP contribution in [0.15, 0.2) is 0 Å². The van der Waals surface area contributed by atoms with E-state index in [1.54, 1.807) is 0 Å². The van der Waals surface area contributed by atoms with E-state index >= 15 is 0 Å². The van der Waals surface area contributed by atoms with Crippen LogP contribution in [0.25, 0.3) is 0 Å².